The van der Waals surface area contributed by atoms with Crippen molar-refractivity contribution in [1.29, 1.82) is 0 Å². The number of hydrogen-bond acceptors (Lipinski definition) is 9. The highest BCUT2D eigenvalue weighted by Crippen LogP contribution is 2.16. The van der Waals surface area contributed by atoms with E-state index in [0.717, 1.165) is 58.4 Å². The smallest absolute Gasteiger partial charge is 0.229 e. The van der Waals surface area contributed by atoms with Crippen LogP contribution in [0.2, 0.25) is 0 Å². The van der Waals surface area contributed by atoms with Gasteiger partial charge < -0.3 is 30.9 Å². The van der Waals surface area contributed by atoms with Crippen LogP contribution in [0.15, 0.2) is 0 Å². The largest absolute Gasteiger partial charge is 0.396 e. The van der Waals surface area contributed by atoms with E-state index in [-0.39, 0.29) is 6.61 Å². The van der Waals surface area contributed by atoms with Crippen molar-refractivity contribution in [2.45, 2.75) is 285 Å². The summed E-state index contributed by atoms with van der Waals surface area (Å²) in [5.41, 5.74) is 0. The number of aromatic nitrogens is 3. The number of hydrogen-bond donors (Lipinski definition) is 4. The maximum atomic E-state index is 9.34. The standard InChI is InChI=1S/C57H116N8O/c1-5-9-13-17-21-25-29-33-38-48-64(49-39-34-30-26-22-18-14-10-6-2)52-43-46-59-56-61-55(58-45-37-42-54-66)62-57(63-56)60-47-44-53-65(50-40-35-31-27-23-19-15-11-7-3)51-41-36-32-28-24-20-16-12-8-4/h66H,5-54H2,1-4H3,(H3,58,59,60,61,62,63). The summed E-state index contributed by atoms with van der Waals surface area (Å²) < 4.78 is 0. The predicted molar refractivity (Wildman–Crippen MR) is 293 cm³/mol. The number of aliphatic hydroxyl groups excluding tert-OH is 1. The van der Waals surface area contributed by atoms with E-state index in [9.17, 15) is 5.11 Å². The zero-order valence-corrected chi connectivity index (χ0v) is 45.0. The lowest BCUT2D eigenvalue weighted by atomic mass is 10.1. The van der Waals surface area contributed by atoms with Crippen LogP contribution in [-0.2, 0) is 0 Å². The Balaban J connectivity index is 2.71. The number of aliphatic hydroxyl groups is 1. The quantitative estimate of drug-likeness (QED) is 0.0476. The molecule has 0 saturated heterocycles. The SMILES string of the molecule is CCCCCCCCCCCN(CCCCCCCCCCC)CCCNc1nc(NCCCCO)nc(NCCCN(CCCCCCCCCCC)CCCCCCCCCCC)n1. The van der Waals surface area contributed by atoms with Gasteiger partial charge in [0.05, 0.1) is 0 Å². The monoisotopic (exact) mass is 929 g/mol. The number of rotatable bonds is 55. The molecule has 0 fully saturated rings. The second-order valence-corrected chi connectivity index (χ2v) is 20.2. The molecule has 0 aromatic carbocycles. The van der Waals surface area contributed by atoms with E-state index in [2.05, 4.69) is 53.4 Å². The molecule has 4 N–H and O–H groups in total. The first-order valence-corrected chi connectivity index (χ1v) is 29.7. The van der Waals surface area contributed by atoms with Gasteiger partial charge in [-0.2, -0.15) is 15.0 Å². The summed E-state index contributed by atoms with van der Waals surface area (Å²) in [4.78, 5) is 19.9. The average Bonchev–Trinajstić information content (AvgIpc) is 3.32. The van der Waals surface area contributed by atoms with Crippen LogP contribution in [0.5, 0.6) is 0 Å². The van der Waals surface area contributed by atoms with E-state index < -0.39 is 0 Å². The predicted octanol–water partition coefficient (Wildman–Crippen LogP) is 16.4. The third-order valence-electron chi connectivity index (χ3n) is 13.7. The third-order valence-corrected chi connectivity index (χ3v) is 13.7. The van der Waals surface area contributed by atoms with Crippen LogP contribution >= 0.6 is 0 Å². The lowest BCUT2D eigenvalue weighted by Gasteiger charge is -2.23. The molecule has 9 heteroatoms. The molecule has 1 rings (SSSR count). The molecule has 390 valence electrons. The lowest BCUT2D eigenvalue weighted by molar-refractivity contribution is 0.259. The number of anilines is 3. The van der Waals surface area contributed by atoms with E-state index in [1.165, 1.54) is 257 Å². The van der Waals surface area contributed by atoms with Crippen molar-refractivity contribution in [2.75, 3.05) is 81.5 Å². The Bertz CT molecular complexity index is 976. The minimum absolute atomic E-state index is 0.211. The van der Waals surface area contributed by atoms with Gasteiger partial charge in [0.2, 0.25) is 17.8 Å². The van der Waals surface area contributed by atoms with Crippen LogP contribution in [-0.4, -0.2) is 95.4 Å². The van der Waals surface area contributed by atoms with Crippen molar-refractivity contribution in [3.05, 3.63) is 0 Å². The van der Waals surface area contributed by atoms with Gasteiger partial charge in [-0.05, 0) is 90.6 Å². The Morgan fingerprint density at radius 2 is 0.485 bits per heavy atom. The van der Waals surface area contributed by atoms with Crippen molar-refractivity contribution in [3.63, 3.8) is 0 Å². The van der Waals surface area contributed by atoms with Crippen molar-refractivity contribution in [1.82, 2.24) is 24.8 Å². The number of unbranched alkanes of at least 4 members (excludes halogenated alkanes) is 33. The minimum atomic E-state index is 0.211. The minimum Gasteiger partial charge on any atom is -0.396 e. The Morgan fingerprint density at radius 3 is 0.727 bits per heavy atom. The van der Waals surface area contributed by atoms with Crippen LogP contribution in [0.25, 0.3) is 0 Å². The zero-order chi connectivity index (χ0) is 47.5. The van der Waals surface area contributed by atoms with Crippen molar-refractivity contribution in [2.24, 2.45) is 0 Å². The maximum absolute atomic E-state index is 9.34. The first-order valence-electron chi connectivity index (χ1n) is 29.7. The topological polar surface area (TPSA) is 101 Å². The molecule has 1 aromatic heterocycles. The van der Waals surface area contributed by atoms with E-state index in [1.54, 1.807) is 0 Å². The molecule has 0 aliphatic rings. The van der Waals surface area contributed by atoms with Gasteiger partial charge in [0, 0.05) is 26.2 Å². The summed E-state index contributed by atoms with van der Waals surface area (Å²) in [5, 5.41) is 19.9. The summed E-state index contributed by atoms with van der Waals surface area (Å²) in [6.45, 7) is 19.0. The molecule has 9 nitrogen and oxygen atoms in total. The molecular weight excluding hydrogens is 813 g/mol. The second kappa shape index (κ2) is 51.1. The lowest BCUT2D eigenvalue weighted by Crippen LogP contribution is -2.29. The summed E-state index contributed by atoms with van der Waals surface area (Å²) in [7, 11) is 0. The molecule has 0 aliphatic heterocycles. The second-order valence-electron chi connectivity index (χ2n) is 20.2. The Morgan fingerprint density at radius 1 is 0.273 bits per heavy atom. The van der Waals surface area contributed by atoms with Gasteiger partial charge in [0.15, 0.2) is 0 Å². The summed E-state index contributed by atoms with van der Waals surface area (Å²) in [5.74, 6) is 1.92. The normalized spacial score (nSPS) is 11.7. The Kier molecular flexibility index (Phi) is 48.3. The van der Waals surface area contributed by atoms with Gasteiger partial charge in [-0.25, -0.2) is 0 Å². The van der Waals surface area contributed by atoms with Crippen LogP contribution in [0.3, 0.4) is 0 Å². The van der Waals surface area contributed by atoms with Gasteiger partial charge in [0.25, 0.3) is 0 Å². The molecule has 66 heavy (non-hydrogen) atoms. The zero-order valence-electron chi connectivity index (χ0n) is 45.0. The molecule has 0 unspecified atom stereocenters. The van der Waals surface area contributed by atoms with Crippen LogP contribution in [0.1, 0.15) is 285 Å². The van der Waals surface area contributed by atoms with Crippen LogP contribution in [0, 0.1) is 0 Å². The van der Waals surface area contributed by atoms with Gasteiger partial charge >= 0.3 is 0 Å². The molecule has 0 saturated carbocycles. The maximum Gasteiger partial charge on any atom is 0.229 e. The van der Waals surface area contributed by atoms with Crippen molar-refractivity contribution >= 4 is 17.8 Å². The molecule has 0 atom stereocenters. The molecule has 0 radical (unpaired) electrons. The van der Waals surface area contributed by atoms with E-state index >= 15 is 0 Å². The highest BCUT2D eigenvalue weighted by Gasteiger charge is 2.10. The number of nitrogens with one attached hydrogen (secondary N) is 3. The van der Waals surface area contributed by atoms with Gasteiger partial charge in [-0.15, -0.1) is 0 Å². The highest BCUT2D eigenvalue weighted by atomic mass is 16.2. The highest BCUT2D eigenvalue weighted by molar-refractivity contribution is 5.42. The fourth-order valence-corrected chi connectivity index (χ4v) is 9.31. The molecule has 0 aliphatic carbocycles. The van der Waals surface area contributed by atoms with E-state index in [4.69, 9.17) is 15.0 Å². The van der Waals surface area contributed by atoms with Crippen molar-refractivity contribution < 1.29 is 5.11 Å². The molecular formula is C57H116N8O. The summed E-state index contributed by atoms with van der Waals surface area (Å²) in [6, 6.07) is 0. The average molecular weight is 930 g/mol. The fourth-order valence-electron chi connectivity index (χ4n) is 9.31. The van der Waals surface area contributed by atoms with Crippen LogP contribution in [0.4, 0.5) is 17.8 Å². The Labute approximate surface area is 412 Å². The first-order chi connectivity index (χ1) is 32.7. The number of nitrogens with zero attached hydrogens (tertiary/aromatic N) is 5. The van der Waals surface area contributed by atoms with Crippen LogP contribution < -0.4 is 16.0 Å². The Hall–Kier alpha value is -1.71. The van der Waals surface area contributed by atoms with E-state index in [0.29, 0.717) is 17.8 Å². The molecule has 1 heterocycles. The summed E-state index contributed by atoms with van der Waals surface area (Å²) >= 11 is 0. The van der Waals surface area contributed by atoms with Gasteiger partial charge in [0.1, 0.15) is 0 Å². The first kappa shape index (κ1) is 62.3. The van der Waals surface area contributed by atoms with Gasteiger partial charge in [-0.1, -0.05) is 233 Å². The third kappa shape index (κ3) is 42.4. The molecule has 0 bridgehead atoms. The van der Waals surface area contributed by atoms with Gasteiger partial charge in [-0.3, -0.25) is 0 Å². The molecule has 1 aromatic rings. The van der Waals surface area contributed by atoms with E-state index in [1.807, 2.05) is 0 Å². The molecule has 0 amide bonds. The summed E-state index contributed by atoms with van der Waals surface area (Å²) in [6.07, 6.45) is 53.7. The fraction of sp³-hybridized carbons (Fsp3) is 0.947. The molecule has 0 spiro atoms. The van der Waals surface area contributed by atoms with Crippen molar-refractivity contribution in [3.8, 4) is 0 Å².